The molecule has 2 fully saturated rings. The molecule has 0 unspecified atom stereocenters. The van der Waals surface area contributed by atoms with Crippen LogP contribution >= 0.6 is 0 Å². The summed E-state index contributed by atoms with van der Waals surface area (Å²) in [5.74, 6) is 0.776. The van der Waals surface area contributed by atoms with Gasteiger partial charge >= 0.3 is 0 Å². The van der Waals surface area contributed by atoms with E-state index in [4.69, 9.17) is 4.74 Å². The molecule has 1 aromatic heterocycles. The highest BCUT2D eigenvalue weighted by Gasteiger charge is 2.38. The lowest BCUT2D eigenvalue weighted by Crippen LogP contribution is -2.47. The van der Waals surface area contributed by atoms with Gasteiger partial charge in [0.1, 0.15) is 0 Å². The zero-order valence-corrected chi connectivity index (χ0v) is 15.1. The molecule has 24 heavy (non-hydrogen) atoms. The maximum atomic E-state index is 12.7. The molecule has 6 heteroatoms. The Morgan fingerprint density at radius 3 is 2.71 bits per heavy atom. The standard InChI is InChI=1S/C18H30N4O2/c1-4-15-12-21(13-17(15)20-7-9-24-10-8-20)18(23)11-16-5-6-22(19-16)14(2)3/h5-6,14-15,17H,4,7-13H2,1-3H3/t15-,17+/m0/s1. The van der Waals surface area contributed by atoms with E-state index in [2.05, 4.69) is 30.8 Å². The summed E-state index contributed by atoms with van der Waals surface area (Å²) in [6.45, 7) is 11.8. The van der Waals surface area contributed by atoms with E-state index in [1.54, 1.807) is 0 Å². The fourth-order valence-electron chi connectivity index (χ4n) is 3.81. The number of aromatic nitrogens is 2. The summed E-state index contributed by atoms with van der Waals surface area (Å²) in [4.78, 5) is 17.3. The predicted octanol–water partition coefficient (Wildman–Crippen LogP) is 1.58. The Kier molecular flexibility index (Phi) is 5.56. The van der Waals surface area contributed by atoms with Crippen molar-refractivity contribution in [1.29, 1.82) is 0 Å². The maximum absolute atomic E-state index is 12.7. The Hall–Kier alpha value is -1.40. The maximum Gasteiger partial charge on any atom is 0.228 e. The van der Waals surface area contributed by atoms with Gasteiger partial charge in [-0.15, -0.1) is 0 Å². The van der Waals surface area contributed by atoms with E-state index in [9.17, 15) is 4.79 Å². The number of carbonyl (C=O) groups excluding carboxylic acids is 1. The lowest BCUT2D eigenvalue weighted by Gasteiger charge is -2.34. The van der Waals surface area contributed by atoms with E-state index in [1.807, 2.05) is 21.8 Å². The first-order valence-electron chi connectivity index (χ1n) is 9.22. The zero-order valence-electron chi connectivity index (χ0n) is 15.1. The van der Waals surface area contributed by atoms with E-state index >= 15 is 0 Å². The summed E-state index contributed by atoms with van der Waals surface area (Å²) in [6.07, 6.45) is 3.49. The smallest absolute Gasteiger partial charge is 0.228 e. The number of carbonyl (C=O) groups is 1. The number of likely N-dealkylation sites (tertiary alicyclic amines) is 1. The van der Waals surface area contributed by atoms with Crippen LogP contribution in [0.4, 0.5) is 0 Å². The first-order chi connectivity index (χ1) is 11.6. The molecule has 0 saturated carbocycles. The number of hydrogen-bond donors (Lipinski definition) is 0. The first kappa shape index (κ1) is 17.4. The minimum absolute atomic E-state index is 0.207. The number of nitrogens with zero attached hydrogens (tertiary/aromatic N) is 4. The molecule has 2 aliphatic rings. The van der Waals surface area contributed by atoms with Crippen molar-refractivity contribution in [3.8, 4) is 0 Å². The van der Waals surface area contributed by atoms with E-state index in [0.717, 1.165) is 51.5 Å². The van der Waals surface area contributed by atoms with E-state index in [0.29, 0.717) is 24.4 Å². The highest BCUT2D eigenvalue weighted by Crippen LogP contribution is 2.26. The molecular formula is C18H30N4O2. The van der Waals surface area contributed by atoms with Crippen LogP contribution in [0.1, 0.15) is 38.9 Å². The second kappa shape index (κ2) is 7.66. The fourth-order valence-corrected chi connectivity index (χ4v) is 3.81. The number of rotatable bonds is 5. The molecule has 1 aromatic rings. The van der Waals surface area contributed by atoms with Gasteiger partial charge in [-0.2, -0.15) is 5.10 Å². The lowest BCUT2D eigenvalue weighted by molar-refractivity contribution is -0.129. The van der Waals surface area contributed by atoms with Crippen molar-refractivity contribution < 1.29 is 9.53 Å². The molecule has 0 aliphatic carbocycles. The number of hydrogen-bond acceptors (Lipinski definition) is 4. The van der Waals surface area contributed by atoms with Gasteiger partial charge in [0.25, 0.3) is 0 Å². The molecule has 2 aliphatic heterocycles. The molecule has 3 heterocycles. The number of amides is 1. The SMILES string of the molecule is CC[C@H]1CN(C(=O)Cc2ccn(C(C)C)n2)C[C@H]1N1CCOCC1. The molecule has 6 nitrogen and oxygen atoms in total. The third-order valence-electron chi connectivity index (χ3n) is 5.32. The Labute approximate surface area is 144 Å². The Bertz CT molecular complexity index is 551. The van der Waals surface area contributed by atoms with Gasteiger partial charge in [-0.05, 0) is 25.8 Å². The van der Waals surface area contributed by atoms with Crippen LogP contribution in [-0.4, -0.2) is 70.9 Å². The van der Waals surface area contributed by atoms with Gasteiger partial charge in [0.15, 0.2) is 0 Å². The third-order valence-corrected chi connectivity index (χ3v) is 5.32. The summed E-state index contributed by atoms with van der Waals surface area (Å²) in [5, 5.41) is 4.51. The summed E-state index contributed by atoms with van der Waals surface area (Å²) in [7, 11) is 0. The minimum Gasteiger partial charge on any atom is -0.379 e. The summed E-state index contributed by atoms with van der Waals surface area (Å²) in [6, 6.07) is 2.77. The Balaban J connectivity index is 1.60. The van der Waals surface area contributed by atoms with Crippen LogP contribution in [0.15, 0.2) is 12.3 Å². The monoisotopic (exact) mass is 334 g/mol. The van der Waals surface area contributed by atoms with Gasteiger partial charge in [0.2, 0.25) is 5.91 Å². The van der Waals surface area contributed by atoms with Gasteiger partial charge < -0.3 is 9.64 Å². The molecule has 2 saturated heterocycles. The van der Waals surface area contributed by atoms with Crippen LogP contribution < -0.4 is 0 Å². The number of morpholine rings is 1. The average molecular weight is 334 g/mol. The molecule has 3 rings (SSSR count). The average Bonchev–Trinajstić information content (AvgIpc) is 3.22. The second-order valence-corrected chi connectivity index (χ2v) is 7.24. The van der Waals surface area contributed by atoms with E-state index < -0.39 is 0 Å². The Morgan fingerprint density at radius 1 is 1.33 bits per heavy atom. The van der Waals surface area contributed by atoms with Crippen molar-refractivity contribution in [2.75, 3.05) is 39.4 Å². The second-order valence-electron chi connectivity index (χ2n) is 7.24. The largest absolute Gasteiger partial charge is 0.379 e. The normalized spacial score (nSPS) is 25.6. The summed E-state index contributed by atoms with van der Waals surface area (Å²) >= 11 is 0. The topological polar surface area (TPSA) is 50.6 Å². The van der Waals surface area contributed by atoms with Crippen LogP contribution in [0.25, 0.3) is 0 Å². The zero-order chi connectivity index (χ0) is 17.1. The Morgan fingerprint density at radius 2 is 2.08 bits per heavy atom. The summed E-state index contributed by atoms with van der Waals surface area (Å²) < 4.78 is 7.38. The fraction of sp³-hybridized carbons (Fsp3) is 0.778. The van der Waals surface area contributed by atoms with Crippen molar-refractivity contribution in [3.63, 3.8) is 0 Å². The van der Waals surface area contributed by atoms with Gasteiger partial charge in [-0.25, -0.2) is 0 Å². The van der Waals surface area contributed by atoms with Crippen LogP contribution in [0.3, 0.4) is 0 Å². The molecule has 0 N–H and O–H groups in total. The molecule has 1 amide bonds. The molecule has 0 bridgehead atoms. The van der Waals surface area contributed by atoms with Crippen molar-refractivity contribution in [3.05, 3.63) is 18.0 Å². The van der Waals surface area contributed by atoms with Crippen molar-refractivity contribution in [2.24, 2.45) is 5.92 Å². The van der Waals surface area contributed by atoms with Gasteiger partial charge in [-0.3, -0.25) is 14.4 Å². The predicted molar refractivity (Wildman–Crippen MR) is 92.9 cm³/mol. The molecule has 0 radical (unpaired) electrons. The first-order valence-corrected chi connectivity index (χ1v) is 9.22. The van der Waals surface area contributed by atoms with Crippen molar-refractivity contribution in [1.82, 2.24) is 19.6 Å². The quantitative estimate of drug-likeness (QED) is 0.820. The van der Waals surface area contributed by atoms with Crippen molar-refractivity contribution >= 4 is 5.91 Å². The van der Waals surface area contributed by atoms with E-state index in [1.165, 1.54) is 0 Å². The van der Waals surface area contributed by atoms with Gasteiger partial charge in [0, 0.05) is 44.5 Å². The molecule has 0 spiro atoms. The molecular weight excluding hydrogens is 304 g/mol. The van der Waals surface area contributed by atoms with Crippen LogP contribution in [0.2, 0.25) is 0 Å². The summed E-state index contributed by atoms with van der Waals surface area (Å²) in [5.41, 5.74) is 0.872. The number of ether oxygens (including phenoxy) is 1. The van der Waals surface area contributed by atoms with Gasteiger partial charge in [0.05, 0.1) is 25.3 Å². The third kappa shape index (κ3) is 3.81. The minimum atomic E-state index is 0.207. The van der Waals surface area contributed by atoms with Crippen LogP contribution in [0.5, 0.6) is 0 Å². The van der Waals surface area contributed by atoms with Crippen LogP contribution in [0, 0.1) is 5.92 Å². The highest BCUT2D eigenvalue weighted by molar-refractivity contribution is 5.78. The highest BCUT2D eigenvalue weighted by atomic mass is 16.5. The lowest BCUT2D eigenvalue weighted by atomic mass is 9.99. The molecule has 134 valence electrons. The molecule has 2 atom stereocenters. The van der Waals surface area contributed by atoms with E-state index in [-0.39, 0.29) is 5.91 Å². The van der Waals surface area contributed by atoms with Crippen LogP contribution in [-0.2, 0) is 16.0 Å². The van der Waals surface area contributed by atoms with Gasteiger partial charge in [-0.1, -0.05) is 13.3 Å². The van der Waals surface area contributed by atoms with Crippen molar-refractivity contribution in [2.45, 2.75) is 45.7 Å². The molecule has 0 aromatic carbocycles.